The highest BCUT2D eigenvalue weighted by molar-refractivity contribution is 6.34. The number of esters is 1. The fourth-order valence-corrected chi connectivity index (χ4v) is 4.62. The Bertz CT molecular complexity index is 1690. The van der Waals surface area contributed by atoms with E-state index in [1.165, 1.54) is 6.20 Å². The molecule has 0 bridgehead atoms. The zero-order chi connectivity index (χ0) is 27.8. The number of pyridine rings is 2. The van der Waals surface area contributed by atoms with Crippen LogP contribution in [0.2, 0.25) is 10.3 Å². The Morgan fingerprint density at radius 3 is 2.59 bits per heavy atom. The highest BCUT2D eigenvalue weighted by atomic mass is 35.5. The molecule has 39 heavy (non-hydrogen) atoms. The maximum atomic E-state index is 13.1. The van der Waals surface area contributed by atoms with Crippen molar-refractivity contribution in [2.24, 2.45) is 5.73 Å². The van der Waals surface area contributed by atoms with E-state index < -0.39 is 24.5 Å². The van der Waals surface area contributed by atoms with E-state index in [-0.39, 0.29) is 17.3 Å². The van der Waals surface area contributed by atoms with Crippen molar-refractivity contribution in [2.75, 3.05) is 6.61 Å². The first-order valence-electron chi connectivity index (χ1n) is 11.5. The molecule has 7 nitrogen and oxygen atoms in total. The number of benzene rings is 2. The van der Waals surface area contributed by atoms with Crippen molar-refractivity contribution in [3.05, 3.63) is 89.1 Å². The molecule has 0 spiro atoms. The van der Waals surface area contributed by atoms with Gasteiger partial charge in [0, 0.05) is 40.7 Å². The minimum Gasteiger partial charge on any atom is -0.486 e. The Balaban J connectivity index is 1.43. The van der Waals surface area contributed by atoms with Gasteiger partial charge in [0.1, 0.15) is 22.7 Å². The van der Waals surface area contributed by atoms with Crippen molar-refractivity contribution in [1.82, 2.24) is 15.0 Å². The molecule has 0 saturated carbocycles. The number of H-pyrrole nitrogens is 1. The summed E-state index contributed by atoms with van der Waals surface area (Å²) in [6.07, 6.45) is -1.03. The van der Waals surface area contributed by atoms with E-state index in [9.17, 15) is 18.0 Å². The molecule has 0 saturated heterocycles. The molecule has 0 aliphatic rings. The van der Waals surface area contributed by atoms with Crippen LogP contribution in [0.5, 0.6) is 5.75 Å². The highest BCUT2D eigenvalue weighted by Gasteiger charge is 2.46. The van der Waals surface area contributed by atoms with Gasteiger partial charge in [-0.05, 0) is 40.8 Å². The Morgan fingerprint density at radius 1 is 1.00 bits per heavy atom. The van der Waals surface area contributed by atoms with E-state index in [0.717, 1.165) is 21.7 Å². The van der Waals surface area contributed by atoms with Crippen molar-refractivity contribution in [1.29, 1.82) is 0 Å². The molecular weight excluding hydrogens is 556 g/mol. The van der Waals surface area contributed by atoms with Gasteiger partial charge in [0.15, 0.2) is 5.72 Å². The monoisotopic (exact) mass is 574 g/mol. The summed E-state index contributed by atoms with van der Waals surface area (Å²) in [4.78, 5) is 23.0. The average molecular weight is 575 g/mol. The van der Waals surface area contributed by atoms with Crippen LogP contribution in [0.15, 0.2) is 73.2 Å². The normalized spacial score (nSPS) is 13.4. The summed E-state index contributed by atoms with van der Waals surface area (Å²) in [5.41, 5.74) is 6.55. The Morgan fingerprint density at radius 2 is 1.79 bits per heavy atom. The van der Waals surface area contributed by atoms with Crippen LogP contribution in [0.3, 0.4) is 0 Å². The van der Waals surface area contributed by atoms with Gasteiger partial charge >= 0.3 is 12.1 Å². The molecule has 0 unspecified atom stereocenters. The Hall–Kier alpha value is -3.86. The number of hydrogen-bond acceptors (Lipinski definition) is 6. The molecule has 0 amide bonds. The lowest BCUT2D eigenvalue weighted by Crippen LogP contribution is -2.53. The maximum Gasteiger partial charge on any atom is 0.490 e. The van der Waals surface area contributed by atoms with E-state index in [1.54, 1.807) is 60.9 Å². The molecule has 0 aliphatic carbocycles. The quantitative estimate of drug-likeness (QED) is 0.131. The molecule has 1 atom stereocenters. The number of halogens is 5. The molecule has 0 fully saturated rings. The van der Waals surface area contributed by atoms with Gasteiger partial charge in [-0.1, -0.05) is 53.5 Å². The van der Waals surface area contributed by atoms with Crippen LogP contribution in [0.4, 0.5) is 13.2 Å². The van der Waals surface area contributed by atoms with E-state index >= 15 is 0 Å². The van der Waals surface area contributed by atoms with Crippen molar-refractivity contribution >= 4 is 50.8 Å². The largest absolute Gasteiger partial charge is 0.490 e. The van der Waals surface area contributed by atoms with Gasteiger partial charge < -0.3 is 14.5 Å². The SMILES string of the molecule is N[C@@](COc1cnc(Cl)c(-c2ccc3c(Cl)nccc3c2)c1)(Cc1c[nH]c2ccccc12)OC(=O)C(F)(F)F. The van der Waals surface area contributed by atoms with Gasteiger partial charge in [0.05, 0.1) is 6.20 Å². The number of aromatic nitrogens is 3. The Kier molecular flexibility index (Phi) is 7.11. The topological polar surface area (TPSA) is 103 Å². The second kappa shape index (κ2) is 10.4. The summed E-state index contributed by atoms with van der Waals surface area (Å²) in [5.74, 6) is -2.27. The van der Waals surface area contributed by atoms with Crippen molar-refractivity contribution in [3.8, 4) is 16.9 Å². The lowest BCUT2D eigenvalue weighted by atomic mass is 10.0. The lowest BCUT2D eigenvalue weighted by molar-refractivity contribution is -0.216. The van der Waals surface area contributed by atoms with Gasteiger partial charge in [-0.3, -0.25) is 5.73 Å². The Labute approximate surface area is 229 Å². The number of rotatable bonds is 7. The summed E-state index contributed by atoms with van der Waals surface area (Å²) in [6, 6.07) is 15.9. The van der Waals surface area contributed by atoms with E-state index in [2.05, 4.69) is 15.0 Å². The summed E-state index contributed by atoms with van der Waals surface area (Å²) >= 11 is 12.5. The number of nitrogens with two attached hydrogens (primary N) is 1. The predicted molar refractivity (Wildman–Crippen MR) is 142 cm³/mol. The highest BCUT2D eigenvalue weighted by Crippen LogP contribution is 2.33. The van der Waals surface area contributed by atoms with Gasteiger partial charge in [0.25, 0.3) is 0 Å². The van der Waals surface area contributed by atoms with E-state index in [1.807, 2.05) is 6.07 Å². The molecule has 3 heterocycles. The first-order valence-corrected chi connectivity index (χ1v) is 12.2. The molecule has 5 aromatic rings. The molecule has 2 aromatic carbocycles. The van der Waals surface area contributed by atoms with Gasteiger partial charge in [-0.25, -0.2) is 14.8 Å². The third-order valence-corrected chi connectivity index (χ3v) is 6.62. The number of carbonyl (C=O) groups is 1. The third kappa shape index (κ3) is 5.78. The third-order valence-electron chi connectivity index (χ3n) is 6.02. The van der Waals surface area contributed by atoms with E-state index in [0.29, 0.717) is 21.8 Å². The van der Waals surface area contributed by atoms with Crippen LogP contribution < -0.4 is 10.5 Å². The smallest absolute Gasteiger partial charge is 0.486 e. The van der Waals surface area contributed by atoms with Crippen LogP contribution >= 0.6 is 23.2 Å². The number of fused-ring (bicyclic) bond motifs is 2. The molecule has 3 aromatic heterocycles. The van der Waals surface area contributed by atoms with E-state index in [4.69, 9.17) is 38.4 Å². The van der Waals surface area contributed by atoms with Crippen LogP contribution in [0.25, 0.3) is 32.8 Å². The number of hydrogen-bond donors (Lipinski definition) is 2. The average Bonchev–Trinajstić information content (AvgIpc) is 3.30. The van der Waals surface area contributed by atoms with Crippen molar-refractivity contribution in [2.45, 2.75) is 18.3 Å². The minimum absolute atomic E-state index is 0.152. The van der Waals surface area contributed by atoms with Crippen LogP contribution in [-0.4, -0.2) is 39.4 Å². The number of carbonyl (C=O) groups excluding carboxylic acids is 1. The first-order chi connectivity index (χ1) is 18.5. The summed E-state index contributed by atoms with van der Waals surface area (Å²) in [6.45, 7) is -0.601. The molecular formula is C27H19Cl2F3N4O3. The van der Waals surface area contributed by atoms with Gasteiger partial charge in [0.2, 0.25) is 0 Å². The standard InChI is InChI=1S/C27H19Cl2F3N4O3/c28-23-20-6-5-15(9-16(20)7-8-34-23)21-10-18(13-36-24(21)29)38-14-26(33,39-25(37)27(30,31)32)11-17-12-35-22-4-2-1-3-19(17)22/h1-10,12-13,35H,11,14,33H2/t26-/m0/s1. The molecule has 0 aliphatic heterocycles. The number of ether oxygens (including phenoxy) is 2. The molecule has 5 rings (SSSR count). The summed E-state index contributed by atoms with van der Waals surface area (Å²) in [7, 11) is 0. The summed E-state index contributed by atoms with van der Waals surface area (Å²) < 4.78 is 49.7. The zero-order valence-electron chi connectivity index (χ0n) is 19.9. The van der Waals surface area contributed by atoms with Crippen LogP contribution in [0, 0.1) is 0 Å². The van der Waals surface area contributed by atoms with Crippen molar-refractivity contribution < 1.29 is 27.4 Å². The second-order valence-corrected chi connectivity index (χ2v) is 9.54. The number of alkyl halides is 3. The van der Waals surface area contributed by atoms with Gasteiger partial charge in [-0.2, -0.15) is 13.2 Å². The number of nitrogens with one attached hydrogen (secondary N) is 1. The van der Waals surface area contributed by atoms with Crippen LogP contribution in [0.1, 0.15) is 5.56 Å². The fourth-order valence-electron chi connectivity index (χ4n) is 4.18. The predicted octanol–water partition coefficient (Wildman–Crippen LogP) is 6.47. The lowest BCUT2D eigenvalue weighted by Gasteiger charge is -2.29. The second-order valence-electron chi connectivity index (χ2n) is 8.82. The number of nitrogens with zero attached hydrogens (tertiary/aromatic N) is 2. The van der Waals surface area contributed by atoms with Gasteiger partial charge in [-0.15, -0.1) is 0 Å². The fraction of sp³-hybridized carbons (Fsp3) is 0.148. The summed E-state index contributed by atoms with van der Waals surface area (Å²) in [5, 5.41) is 2.80. The van der Waals surface area contributed by atoms with Crippen molar-refractivity contribution in [3.63, 3.8) is 0 Å². The van der Waals surface area contributed by atoms with Crippen LogP contribution in [-0.2, 0) is 16.0 Å². The molecule has 12 heteroatoms. The first kappa shape index (κ1) is 26.7. The number of para-hydroxylation sites is 1. The molecule has 200 valence electrons. The molecule has 0 radical (unpaired) electrons. The molecule has 3 N–H and O–H groups in total. The number of aromatic amines is 1. The zero-order valence-corrected chi connectivity index (χ0v) is 21.4. The minimum atomic E-state index is -5.24. The maximum absolute atomic E-state index is 13.1.